The highest BCUT2D eigenvalue weighted by molar-refractivity contribution is 7.92. The monoisotopic (exact) mass is 361 g/mol. The van der Waals surface area contributed by atoms with Crippen LogP contribution in [0.5, 0.6) is 0 Å². The van der Waals surface area contributed by atoms with Gasteiger partial charge in [0.2, 0.25) is 0 Å². The number of sulfonamides is 1. The van der Waals surface area contributed by atoms with Gasteiger partial charge in [-0.3, -0.25) is 4.72 Å². The summed E-state index contributed by atoms with van der Waals surface area (Å²) >= 11 is 5.85. The predicted molar refractivity (Wildman–Crippen MR) is 80.0 cm³/mol. The van der Waals surface area contributed by atoms with Crippen LogP contribution in [0, 0.1) is 11.6 Å². The van der Waals surface area contributed by atoms with Crippen LogP contribution in [-0.2, 0) is 14.8 Å². The summed E-state index contributed by atoms with van der Waals surface area (Å²) < 4.78 is 57.2. The Kier molecular flexibility index (Phi) is 4.86. The van der Waals surface area contributed by atoms with Gasteiger partial charge in [0.1, 0.15) is 4.90 Å². The molecule has 2 aromatic carbocycles. The number of esters is 1. The molecule has 0 fully saturated rings. The molecule has 0 radical (unpaired) electrons. The van der Waals surface area contributed by atoms with Gasteiger partial charge in [-0.1, -0.05) is 11.6 Å². The third kappa shape index (κ3) is 3.77. The minimum atomic E-state index is -4.22. The Hall–Kier alpha value is -2.19. The van der Waals surface area contributed by atoms with Crippen molar-refractivity contribution in [1.82, 2.24) is 0 Å². The first kappa shape index (κ1) is 17.2. The molecule has 0 aliphatic rings. The van der Waals surface area contributed by atoms with Gasteiger partial charge in [-0.15, -0.1) is 0 Å². The fraction of sp³-hybridized carbons (Fsp3) is 0.0714. The maximum absolute atomic E-state index is 13.2. The Morgan fingerprint density at radius 3 is 2.43 bits per heavy atom. The summed E-state index contributed by atoms with van der Waals surface area (Å²) in [7, 11) is -3.07. The van der Waals surface area contributed by atoms with Gasteiger partial charge in [0.25, 0.3) is 10.0 Å². The molecule has 0 aliphatic heterocycles. The van der Waals surface area contributed by atoms with Crippen molar-refractivity contribution in [3.8, 4) is 0 Å². The molecule has 0 aromatic heterocycles. The molecule has 1 N–H and O–H groups in total. The quantitative estimate of drug-likeness (QED) is 0.849. The van der Waals surface area contributed by atoms with E-state index in [9.17, 15) is 22.0 Å². The molecule has 0 unspecified atom stereocenters. The third-order valence-corrected chi connectivity index (χ3v) is 4.68. The fourth-order valence-corrected chi connectivity index (χ4v) is 3.30. The first-order chi connectivity index (χ1) is 10.7. The van der Waals surface area contributed by atoms with E-state index in [4.69, 9.17) is 11.6 Å². The van der Waals surface area contributed by atoms with Crippen LogP contribution in [0.4, 0.5) is 14.5 Å². The molecule has 0 saturated carbocycles. The molecule has 0 atom stereocenters. The highest BCUT2D eigenvalue weighted by atomic mass is 35.5. The number of hydrogen-bond acceptors (Lipinski definition) is 4. The Morgan fingerprint density at radius 1 is 1.13 bits per heavy atom. The van der Waals surface area contributed by atoms with Crippen LogP contribution in [-0.4, -0.2) is 21.5 Å². The SMILES string of the molecule is COC(=O)c1ccc(Cl)c(S(=O)(=O)Nc2ccc(F)c(F)c2)c1. The highest BCUT2D eigenvalue weighted by Crippen LogP contribution is 2.26. The minimum Gasteiger partial charge on any atom is -0.465 e. The summed E-state index contributed by atoms with van der Waals surface area (Å²) in [6.07, 6.45) is 0. The topological polar surface area (TPSA) is 72.5 Å². The molecular weight excluding hydrogens is 352 g/mol. The molecular formula is C14H10ClF2NO4S. The molecule has 2 rings (SSSR count). The third-order valence-electron chi connectivity index (χ3n) is 2.81. The zero-order valence-electron chi connectivity index (χ0n) is 11.6. The average Bonchev–Trinajstić information content (AvgIpc) is 2.50. The van der Waals surface area contributed by atoms with E-state index in [-0.39, 0.29) is 16.3 Å². The van der Waals surface area contributed by atoms with E-state index < -0.39 is 32.5 Å². The van der Waals surface area contributed by atoms with Crippen molar-refractivity contribution in [2.24, 2.45) is 0 Å². The van der Waals surface area contributed by atoms with Crippen LogP contribution in [0.15, 0.2) is 41.3 Å². The molecule has 0 amide bonds. The van der Waals surface area contributed by atoms with E-state index in [2.05, 4.69) is 9.46 Å². The van der Waals surface area contributed by atoms with Crippen molar-refractivity contribution in [1.29, 1.82) is 0 Å². The fourth-order valence-electron chi connectivity index (χ4n) is 1.72. The summed E-state index contributed by atoms with van der Waals surface area (Å²) in [5.41, 5.74) is -0.217. The van der Waals surface area contributed by atoms with Crippen LogP contribution in [0.3, 0.4) is 0 Å². The number of carbonyl (C=O) groups excluding carboxylic acids is 1. The first-order valence-electron chi connectivity index (χ1n) is 6.10. The van der Waals surface area contributed by atoms with Crippen LogP contribution in [0.25, 0.3) is 0 Å². The number of hydrogen-bond donors (Lipinski definition) is 1. The molecule has 0 bridgehead atoms. The number of rotatable bonds is 4. The van der Waals surface area contributed by atoms with Gasteiger partial charge in [0, 0.05) is 6.07 Å². The standard InChI is InChI=1S/C14H10ClF2NO4S/c1-22-14(19)8-2-4-10(15)13(6-8)23(20,21)18-9-3-5-11(16)12(17)7-9/h2-7,18H,1H3. The summed E-state index contributed by atoms with van der Waals surface area (Å²) in [4.78, 5) is 11.1. The molecule has 0 aliphatic carbocycles. The summed E-state index contributed by atoms with van der Waals surface area (Å²) in [5, 5.41) is -0.146. The lowest BCUT2D eigenvalue weighted by molar-refractivity contribution is 0.0600. The molecule has 0 spiro atoms. The second kappa shape index (κ2) is 6.51. The van der Waals surface area contributed by atoms with E-state index in [0.29, 0.717) is 6.07 Å². The second-order valence-corrected chi connectivity index (χ2v) is 6.43. The smallest absolute Gasteiger partial charge is 0.337 e. The maximum atomic E-state index is 13.2. The van der Waals surface area contributed by atoms with Crippen molar-refractivity contribution >= 4 is 33.3 Å². The summed E-state index contributed by atoms with van der Waals surface area (Å²) in [5.74, 6) is -3.07. The number of ether oxygens (including phenoxy) is 1. The first-order valence-corrected chi connectivity index (χ1v) is 7.96. The van der Waals surface area contributed by atoms with E-state index in [1.54, 1.807) is 0 Å². The maximum Gasteiger partial charge on any atom is 0.337 e. The Bertz CT molecular complexity index is 871. The molecule has 5 nitrogen and oxygen atoms in total. The lowest BCUT2D eigenvalue weighted by Gasteiger charge is -2.11. The average molecular weight is 362 g/mol. The number of nitrogens with one attached hydrogen (secondary N) is 1. The Morgan fingerprint density at radius 2 is 1.83 bits per heavy atom. The van der Waals surface area contributed by atoms with Gasteiger partial charge >= 0.3 is 5.97 Å². The van der Waals surface area contributed by atoms with Gasteiger partial charge in [-0.2, -0.15) is 0 Å². The van der Waals surface area contributed by atoms with Crippen LogP contribution < -0.4 is 4.72 Å². The predicted octanol–water partition coefficient (Wildman–Crippen LogP) is 3.21. The van der Waals surface area contributed by atoms with E-state index in [1.165, 1.54) is 12.1 Å². The van der Waals surface area contributed by atoms with Crippen molar-refractivity contribution in [3.05, 3.63) is 58.6 Å². The van der Waals surface area contributed by atoms with Crippen LogP contribution in [0.1, 0.15) is 10.4 Å². The van der Waals surface area contributed by atoms with E-state index >= 15 is 0 Å². The second-order valence-electron chi connectivity index (χ2n) is 4.37. The largest absolute Gasteiger partial charge is 0.465 e. The van der Waals surface area contributed by atoms with Gasteiger partial charge in [0.05, 0.1) is 23.4 Å². The van der Waals surface area contributed by atoms with Gasteiger partial charge in [0.15, 0.2) is 11.6 Å². The van der Waals surface area contributed by atoms with Gasteiger partial charge < -0.3 is 4.74 Å². The zero-order chi connectivity index (χ0) is 17.2. The molecule has 0 saturated heterocycles. The van der Waals surface area contributed by atoms with Crippen molar-refractivity contribution in [2.45, 2.75) is 4.90 Å². The number of methoxy groups -OCH3 is 1. The number of anilines is 1. The highest BCUT2D eigenvalue weighted by Gasteiger charge is 2.21. The Labute approximate surface area is 135 Å². The summed E-state index contributed by atoms with van der Waals surface area (Å²) in [6, 6.07) is 6.05. The summed E-state index contributed by atoms with van der Waals surface area (Å²) in [6.45, 7) is 0. The molecule has 122 valence electrons. The van der Waals surface area contributed by atoms with Crippen molar-refractivity contribution in [2.75, 3.05) is 11.8 Å². The molecule has 9 heteroatoms. The lowest BCUT2D eigenvalue weighted by Crippen LogP contribution is -2.15. The molecule has 0 heterocycles. The number of benzene rings is 2. The normalized spacial score (nSPS) is 11.1. The number of halogens is 3. The lowest BCUT2D eigenvalue weighted by atomic mass is 10.2. The van der Waals surface area contributed by atoms with Crippen LogP contribution >= 0.6 is 11.6 Å². The van der Waals surface area contributed by atoms with Crippen molar-refractivity contribution in [3.63, 3.8) is 0 Å². The molecule has 23 heavy (non-hydrogen) atoms. The minimum absolute atomic E-state index is 0.0254. The van der Waals surface area contributed by atoms with Gasteiger partial charge in [-0.05, 0) is 30.3 Å². The van der Waals surface area contributed by atoms with E-state index in [1.807, 2.05) is 0 Å². The number of carbonyl (C=O) groups is 1. The zero-order valence-corrected chi connectivity index (χ0v) is 13.2. The Balaban J connectivity index is 2.42. The van der Waals surface area contributed by atoms with E-state index in [0.717, 1.165) is 25.3 Å². The van der Waals surface area contributed by atoms with Crippen molar-refractivity contribution < 1.29 is 26.7 Å². The van der Waals surface area contributed by atoms with Crippen LogP contribution in [0.2, 0.25) is 5.02 Å². The van der Waals surface area contributed by atoms with Gasteiger partial charge in [-0.25, -0.2) is 22.0 Å². The molecule has 2 aromatic rings.